The molecule has 0 atom stereocenters. The Hall–Kier alpha value is -2.76. The highest BCUT2D eigenvalue weighted by atomic mass is 32.2. The number of nitrogens with zero attached hydrogens (tertiary/aromatic N) is 2. The quantitative estimate of drug-likeness (QED) is 0.402. The highest BCUT2D eigenvalue weighted by Crippen LogP contribution is 2.24. The van der Waals surface area contributed by atoms with E-state index in [1.54, 1.807) is 13.2 Å². The molecular formula is C25H26N2O2S. The Bertz CT molecular complexity index is 1000. The third-order valence-electron chi connectivity index (χ3n) is 5.28. The molecule has 30 heavy (non-hydrogen) atoms. The second-order valence-electron chi connectivity index (χ2n) is 7.29. The van der Waals surface area contributed by atoms with Gasteiger partial charge in [-0.1, -0.05) is 12.1 Å². The summed E-state index contributed by atoms with van der Waals surface area (Å²) in [5.74, 6) is 3.26. The van der Waals surface area contributed by atoms with Gasteiger partial charge in [-0.2, -0.15) is 11.8 Å². The molecule has 0 saturated carbocycles. The second-order valence-corrected chi connectivity index (χ2v) is 8.52. The van der Waals surface area contributed by atoms with E-state index in [2.05, 4.69) is 11.0 Å². The van der Waals surface area contributed by atoms with Gasteiger partial charge in [0.15, 0.2) is 5.78 Å². The maximum absolute atomic E-state index is 12.6. The molecule has 0 radical (unpaired) electrons. The van der Waals surface area contributed by atoms with E-state index in [1.165, 1.54) is 11.5 Å². The first-order valence-electron chi connectivity index (χ1n) is 10.2. The molecule has 4 rings (SSSR count). The van der Waals surface area contributed by atoms with Crippen molar-refractivity contribution in [3.05, 3.63) is 89.8 Å². The SMILES string of the molecule is COc1ccc(/C=C/C(=O)c2ccc(-n3cccc3)cc2)cc1CN1CCSCC1. The molecular weight excluding hydrogens is 392 g/mol. The van der Waals surface area contributed by atoms with Crippen LogP contribution in [0.5, 0.6) is 5.75 Å². The normalized spacial score (nSPS) is 14.8. The largest absolute Gasteiger partial charge is 0.496 e. The summed E-state index contributed by atoms with van der Waals surface area (Å²) in [6, 6.07) is 17.7. The highest BCUT2D eigenvalue weighted by molar-refractivity contribution is 7.99. The zero-order chi connectivity index (χ0) is 20.8. The van der Waals surface area contributed by atoms with E-state index in [9.17, 15) is 4.79 Å². The van der Waals surface area contributed by atoms with Crippen molar-refractivity contribution in [1.29, 1.82) is 0 Å². The molecule has 1 saturated heterocycles. The number of rotatable bonds is 7. The minimum absolute atomic E-state index is 0.000482. The standard InChI is InChI=1S/C25H26N2O2S/c1-29-25-11-5-20(18-22(25)19-26-14-16-30-17-15-26)4-10-24(28)21-6-8-23(9-7-21)27-12-2-3-13-27/h2-13,18H,14-17,19H2,1H3/b10-4+. The zero-order valence-corrected chi connectivity index (χ0v) is 18.0. The molecule has 4 nitrogen and oxygen atoms in total. The van der Waals surface area contributed by atoms with Crippen molar-refractivity contribution in [2.75, 3.05) is 31.7 Å². The summed E-state index contributed by atoms with van der Waals surface area (Å²) in [5.41, 5.74) is 3.89. The Labute approximate surface area is 182 Å². The van der Waals surface area contributed by atoms with Crippen molar-refractivity contribution in [1.82, 2.24) is 9.47 Å². The fraction of sp³-hybridized carbons (Fsp3) is 0.240. The van der Waals surface area contributed by atoms with Crippen LogP contribution in [0.3, 0.4) is 0 Å². The van der Waals surface area contributed by atoms with Crippen molar-refractivity contribution < 1.29 is 9.53 Å². The molecule has 0 amide bonds. The first-order valence-corrected chi connectivity index (χ1v) is 11.3. The predicted molar refractivity (Wildman–Crippen MR) is 125 cm³/mol. The minimum atomic E-state index is -0.000482. The van der Waals surface area contributed by atoms with Crippen LogP contribution in [0.4, 0.5) is 0 Å². The number of hydrogen-bond donors (Lipinski definition) is 0. The number of aromatic nitrogens is 1. The summed E-state index contributed by atoms with van der Waals surface area (Å²) < 4.78 is 7.57. The first kappa shape index (κ1) is 20.5. The van der Waals surface area contributed by atoms with Crippen molar-refractivity contribution in [3.63, 3.8) is 0 Å². The van der Waals surface area contributed by atoms with Crippen LogP contribution in [0.2, 0.25) is 0 Å². The number of thioether (sulfide) groups is 1. The van der Waals surface area contributed by atoms with Crippen LogP contribution in [-0.2, 0) is 6.54 Å². The Balaban J connectivity index is 1.46. The molecule has 0 bridgehead atoms. The monoisotopic (exact) mass is 418 g/mol. The summed E-state index contributed by atoms with van der Waals surface area (Å²) in [4.78, 5) is 15.1. The van der Waals surface area contributed by atoms with Gasteiger partial charge in [0, 0.05) is 60.3 Å². The van der Waals surface area contributed by atoms with Gasteiger partial charge in [-0.15, -0.1) is 0 Å². The number of carbonyl (C=O) groups is 1. The van der Waals surface area contributed by atoms with Crippen LogP contribution in [0.1, 0.15) is 21.5 Å². The second kappa shape index (κ2) is 9.83. The van der Waals surface area contributed by atoms with Crippen LogP contribution >= 0.6 is 11.8 Å². The maximum atomic E-state index is 12.6. The van der Waals surface area contributed by atoms with Crippen LogP contribution in [0, 0.1) is 0 Å². The van der Waals surface area contributed by atoms with E-state index in [-0.39, 0.29) is 5.78 Å². The van der Waals surface area contributed by atoms with E-state index in [1.807, 2.05) is 83.3 Å². The smallest absolute Gasteiger partial charge is 0.185 e. The summed E-state index contributed by atoms with van der Waals surface area (Å²) in [7, 11) is 1.71. The molecule has 1 fully saturated rings. The van der Waals surface area contributed by atoms with E-state index < -0.39 is 0 Å². The average Bonchev–Trinajstić information content (AvgIpc) is 3.33. The predicted octanol–water partition coefficient (Wildman–Crippen LogP) is 4.93. The van der Waals surface area contributed by atoms with E-state index >= 15 is 0 Å². The highest BCUT2D eigenvalue weighted by Gasteiger charge is 2.13. The Morgan fingerprint density at radius 1 is 1.07 bits per heavy atom. The molecule has 154 valence electrons. The van der Waals surface area contributed by atoms with Gasteiger partial charge in [-0.25, -0.2) is 0 Å². The van der Waals surface area contributed by atoms with Gasteiger partial charge in [0.2, 0.25) is 0 Å². The molecule has 1 aliphatic rings. The van der Waals surface area contributed by atoms with Crippen LogP contribution < -0.4 is 4.74 Å². The van der Waals surface area contributed by atoms with Crippen LogP contribution in [0.25, 0.3) is 11.8 Å². The number of ether oxygens (including phenoxy) is 1. The third-order valence-corrected chi connectivity index (χ3v) is 6.23. The Morgan fingerprint density at radius 2 is 1.80 bits per heavy atom. The van der Waals surface area contributed by atoms with Gasteiger partial charge in [0.25, 0.3) is 0 Å². The van der Waals surface area contributed by atoms with Gasteiger partial charge in [0.1, 0.15) is 5.75 Å². The molecule has 0 N–H and O–H groups in total. The molecule has 1 aromatic heterocycles. The molecule has 2 aromatic carbocycles. The van der Waals surface area contributed by atoms with E-state index in [4.69, 9.17) is 4.74 Å². The number of carbonyl (C=O) groups excluding carboxylic acids is 1. The lowest BCUT2D eigenvalue weighted by Crippen LogP contribution is -2.32. The molecule has 3 aromatic rings. The summed E-state index contributed by atoms with van der Waals surface area (Å²) in [5, 5.41) is 0. The van der Waals surface area contributed by atoms with Gasteiger partial charge in [-0.05, 0) is 60.2 Å². The first-order chi connectivity index (χ1) is 14.7. The van der Waals surface area contributed by atoms with Crippen molar-refractivity contribution in [2.24, 2.45) is 0 Å². The third kappa shape index (κ3) is 5.04. The maximum Gasteiger partial charge on any atom is 0.185 e. The summed E-state index contributed by atoms with van der Waals surface area (Å²) in [6.07, 6.45) is 7.51. The lowest BCUT2D eigenvalue weighted by Gasteiger charge is -2.26. The average molecular weight is 419 g/mol. The van der Waals surface area contributed by atoms with E-state index in [0.29, 0.717) is 5.56 Å². The summed E-state index contributed by atoms with van der Waals surface area (Å²) in [6.45, 7) is 3.08. The van der Waals surface area contributed by atoms with Crippen molar-refractivity contribution in [3.8, 4) is 11.4 Å². The van der Waals surface area contributed by atoms with Gasteiger partial charge >= 0.3 is 0 Å². The minimum Gasteiger partial charge on any atom is -0.496 e. The lowest BCUT2D eigenvalue weighted by molar-refractivity contribution is 0.104. The molecule has 5 heteroatoms. The lowest BCUT2D eigenvalue weighted by atomic mass is 10.1. The number of benzene rings is 2. The summed E-state index contributed by atoms with van der Waals surface area (Å²) >= 11 is 2.01. The molecule has 1 aliphatic heterocycles. The van der Waals surface area contributed by atoms with E-state index in [0.717, 1.165) is 42.2 Å². The topological polar surface area (TPSA) is 34.5 Å². The van der Waals surface area contributed by atoms with Gasteiger partial charge in [0.05, 0.1) is 7.11 Å². The molecule has 0 spiro atoms. The Morgan fingerprint density at radius 3 is 2.50 bits per heavy atom. The van der Waals surface area contributed by atoms with Crippen molar-refractivity contribution >= 4 is 23.6 Å². The molecule has 2 heterocycles. The number of ketones is 1. The molecule has 0 unspecified atom stereocenters. The van der Waals surface area contributed by atoms with Crippen LogP contribution in [-0.4, -0.2) is 47.0 Å². The van der Waals surface area contributed by atoms with Crippen molar-refractivity contribution in [2.45, 2.75) is 6.54 Å². The zero-order valence-electron chi connectivity index (χ0n) is 17.2. The number of methoxy groups -OCH3 is 1. The fourth-order valence-electron chi connectivity index (χ4n) is 3.60. The number of hydrogen-bond acceptors (Lipinski definition) is 4. The van der Waals surface area contributed by atoms with Crippen LogP contribution in [0.15, 0.2) is 73.1 Å². The van der Waals surface area contributed by atoms with Gasteiger partial charge < -0.3 is 9.30 Å². The molecule has 0 aliphatic carbocycles. The fourth-order valence-corrected chi connectivity index (χ4v) is 4.58. The number of allylic oxidation sites excluding steroid dienone is 1. The Kier molecular flexibility index (Phi) is 6.72. The van der Waals surface area contributed by atoms with Gasteiger partial charge in [-0.3, -0.25) is 9.69 Å².